The maximum atomic E-state index is 12.3. The Morgan fingerprint density at radius 1 is 0.963 bits per heavy atom. The van der Waals surface area contributed by atoms with Crippen LogP contribution in [0.15, 0.2) is 42.5 Å². The molecule has 144 valence electrons. The molecule has 0 bridgehead atoms. The van der Waals surface area contributed by atoms with Crippen LogP contribution in [0.3, 0.4) is 0 Å². The Kier molecular flexibility index (Phi) is 7.49. The van der Waals surface area contributed by atoms with Gasteiger partial charge in [-0.25, -0.2) is 0 Å². The molecule has 27 heavy (non-hydrogen) atoms. The highest BCUT2D eigenvalue weighted by molar-refractivity contribution is 5.97. The van der Waals surface area contributed by atoms with Gasteiger partial charge in [-0.3, -0.25) is 9.59 Å². The summed E-state index contributed by atoms with van der Waals surface area (Å²) in [5, 5.41) is 14.9. The van der Waals surface area contributed by atoms with Gasteiger partial charge in [-0.15, -0.1) is 0 Å². The van der Waals surface area contributed by atoms with Crippen LogP contribution in [-0.2, 0) is 11.3 Å². The summed E-state index contributed by atoms with van der Waals surface area (Å²) in [5.74, 6) is 0.409. The Hall–Kier alpha value is -3.22. The van der Waals surface area contributed by atoms with Crippen molar-refractivity contribution in [2.45, 2.75) is 20.4 Å². The van der Waals surface area contributed by atoms with Gasteiger partial charge in [-0.05, 0) is 38.1 Å². The second-order valence-corrected chi connectivity index (χ2v) is 5.62. The molecule has 0 aliphatic carbocycles. The van der Waals surface area contributed by atoms with Crippen molar-refractivity contribution in [1.29, 1.82) is 0 Å². The molecule has 0 aliphatic rings. The smallest absolute Gasteiger partial charge is 0.251 e. The number of amides is 2. The summed E-state index contributed by atoms with van der Waals surface area (Å²) in [6.07, 6.45) is 0. The Morgan fingerprint density at radius 2 is 1.67 bits per heavy atom. The number of nitrogens with one attached hydrogen (secondary N) is 2. The molecular formula is C20H24N2O5. The van der Waals surface area contributed by atoms with E-state index in [-0.39, 0.29) is 24.7 Å². The normalized spacial score (nSPS) is 10.1. The Balaban J connectivity index is 1.90. The molecule has 0 saturated heterocycles. The highest BCUT2D eigenvalue weighted by Crippen LogP contribution is 2.28. The van der Waals surface area contributed by atoms with Crippen molar-refractivity contribution in [2.75, 3.05) is 19.8 Å². The van der Waals surface area contributed by atoms with Gasteiger partial charge in [0.2, 0.25) is 5.91 Å². The lowest BCUT2D eigenvalue weighted by molar-refractivity contribution is -0.120. The zero-order chi connectivity index (χ0) is 19.6. The first-order chi connectivity index (χ1) is 13.0. The minimum Gasteiger partial charge on any atom is -0.508 e. The van der Waals surface area contributed by atoms with E-state index in [9.17, 15) is 14.7 Å². The molecule has 2 amide bonds. The number of carbonyl (C=O) groups excluding carboxylic acids is 2. The minimum absolute atomic E-state index is 0.111. The van der Waals surface area contributed by atoms with E-state index >= 15 is 0 Å². The Bertz CT molecular complexity index is 792. The standard InChI is InChI=1S/C20H24N2O5/c1-3-26-17-10-9-14(11-18(17)27-4-2)20(25)22-13-19(24)21-12-15-7-5-6-8-16(15)23/h5-11,23H,3-4,12-13H2,1-2H3,(H,21,24)(H,22,25). The summed E-state index contributed by atoms with van der Waals surface area (Å²) in [7, 11) is 0. The third-order valence-corrected chi connectivity index (χ3v) is 3.68. The second kappa shape index (κ2) is 10.1. The van der Waals surface area contributed by atoms with Crippen LogP contribution in [0.4, 0.5) is 0 Å². The van der Waals surface area contributed by atoms with Gasteiger partial charge in [0.25, 0.3) is 5.91 Å². The van der Waals surface area contributed by atoms with Gasteiger partial charge in [-0.1, -0.05) is 18.2 Å². The largest absolute Gasteiger partial charge is 0.508 e. The van der Waals surface area contributed by atoms with Crippen LogP contribution in [0.25, 0.3) is 0 Å². The Morgan fingerprint density at radius 3 is 2.37 bits per heavy atom. The number of hydrogen-bond acceptors (Lipinski definition) is 5. The van der Waals surface area contributed by atoms with E-state index in [1.54, 1.807) is 42.5 Å². The van der Waals surface area contributed by atoms with Gasteiger partial charge in [0, 0.05) is 17.7 Å². The van der Waals surface area contributed by atoms with E-state index in [0.29, 0.717) is 35.8 Å². The van der Waals surface area contributed by atoms with Crippen LogP contribution < -0.4 is 20.1 Å². The molecule has 0 aliphatic heterocycles. The summed E-state index contributed by atoms with van der Waals surface area (Å²) in [6.45, 7) is 4.65. The molecule has 7 heteroatoms. The number of para-hydroxylation sites is 1. The van der Waals surface area contributed by atoms with E-state index in [1.165, 1.54) is 0 Å². The number of phenolic OH excluding ortho intramolecular Hbond substituents is 1. The average Bonchev–Trinajstić information content (AvgIpc) is 2.67. The summed E-state index contributed by atoms with van der Waals surface area (Å²) in [6, 6.07) is 11.6. The zero-order valence-electron chi connectivity index (χ0n) is 15.5. The SMILES string of the molecule is CCOc1ccc(C(=O)NCC(=O)NCc2ccccc2O)cc1OCC. The first-order valence-corrected chi connectivity index (χ1v) is 8.76. The lowest BCUT2D eigenvalue weighted by atomic mass is 10.2. The van der Waals surface area contributed by atoms with E-state index in [1.807, 2.05) is 13.8 Å². The Labute approximate surface area is 158 Å². The first-order valence-electron chi connectivity index (χ1n) is 8.76. The lowest BCUT2D eigenvalue weighted by Gasteiger charge is -2.12. The highest BCUT2D eigenvalue weighted by Gasteiger charge is 2.13. The zero-order valence-corrected chi connectivity index (χ0v) is 15.5. The molecule has 0 unspecified atom stereocenters. The molecule has 0 heterocycles. The van der Waals surface area contributed by atoms with Crippen LogP contribution in [0.5, 0.6) is 17.2 Å². The molecule has 7 nitrogen and oxygen atoms in total. The molecule has 3 N–H and O–H groups in total. The monoisotopic (exact) mass is 372 g/mol. The summed E-state index contributed by atoms with van der Waals surface area (Å²) >= 11 is 0. The number of hydrogen-bond donors (Lipinski definition) is 3. The molecule has 2 rings (SSSR count). The van der Waals surface area contributed by atoms with Crippen LogP contribution in [0.1, 0.15) is 29.8 Å². The maximum absolute atomic E-state index is 12.3. The minimum atomic E-state index is -0.392. The predicted octanol–water partition coefficient (Wildman–Crippen LogP) is 2.24. The maximum Gasteiger partial charge on any atom is 0.251 e. The highest BCUT2D eigenvalue weighted by atomic mass is 16.5. The fraction of sp³-hybridized carbons (Fsp3) is 0.300. The van der Waals surface area contributed by atoms with Gasteiger partial charge in [0.05, 0.1) is 19.8 Å². The first kappa shape index (κ1) is 20.1. The van der Waals surface area contributed by atoms with Gasteiger partial charge < -0.3 is 25.2 Å². The van der Waals surface area contributed by atoms with E-state index in [2.05, 4.69) is 10.6 Å². The quantitative estimate of drug-likeness (QED) is 0.627. The molecular weight excluding hydrogens is 348 g/mol. The number of aromatic hydroxyl groups is 1. The summed E-state index contributed by atoms with van der Waals surface area (Å²) in [5.41, 5.74) is 0.973. The van der Waals surface area contributed by atoms with Crippen molar-refractivity contribution in [1.82, 2.24) is 10.6 Å². The third-order valence-electron chi connectivity index (χ3n) is 3.68. The molecule has 0 fully saturated rings. The number of benzene rings is 2. The molecule has 2 aromatic carbocycles. The van der Waals surface area contributed by atoms with Crippen LogP contribution >= 0.6 is 0 Å². The van der Waals surface area contributed by atoms with Crippen LogP contribution in [-0.4, -0.2) is 36.7 Å². The molecule has 0 saturated carbocycles. The number of phenols is 1. The predicted molar refractivity (Wildman–Crippen MR) is 101 cm³/mol. The second-order valence-electron chi connectivity index (χ2n) is 5.62. The lowest BCUT2D eigenvalue weighted by Crippen LogP contribution is -2.36. The van der Waals surface area contributed by atoms with Crippen molar-refractivity contribution in [2.24, 2.45) is 0 Å². The topological polar surface area (TPSA) is 96.9 Å². The van der Waals surface area contributed by atoms with E-state index in [4.69, 9.17) is 9.47 Å². The van der Waals surface area contributed by atoms with Crippen molar-refractivity contribution in [3.05, 3.63) is 53.6 Å². The van der Waals surface area contributed by atoms with Crippen molar-refractivity contribution >= 4 is 11.8 Å². The van der Waals surface area contributed by atoms with Gasteiger partial charge in [0.15, 0.2) is 11.5 Å². The fourth-order valence-electron chi connectivity index (χ4n) is 2.37. The summed E-state index contributed by atoms with van der Waals surface area (Å²) < 4.78 is 11.0. The number of carbonyl (C=O) groups is 2. The summed E-state index contributed by atoms with van der Waals surface area (Å²) in [4.78, 5) is 24.2. The van der Waals surface area contributed by atoms with Gasteiger partial charge in [0.1, 0.15) is 5.75 Å². The van der Waals surface area contributed by atoms with Crippen molar-refractivity contribution in [3.8, 4) is 17.2 Å². The van der Waals surface area contributed by atoms with E-state index in [0.717, 1.165) is 0 Å². The fourth-order valence-corrected chi connectivity index (χ4v) is 2.37. The van der Waals surface area contributed by atoms with Crippen LogP contribution in [0, 0.1) is 0 Å². The van der Waals surface area contributed by atoms with Gasteiger partial charge in [-0.2, -0.15) is 0 Å². The van der Waals surface area contributed by atoms with Crippen molar-refractivity contribution < 1.29 is 24.2 Å². The third kappa shape index (κ3) is 5.91. The van der Waals surface area contributed by atoms with Crippen molar-refractivity contribution in [3.63, 3.8) is 0 Å². The number of ether oxygens (including phenoxy) is 2. The molecule has 0 atom stereocenters. The molecule has 2 aromatic rings. The van der Waals surface area contributed by atoms with E-state index < -0.39 is 5.91 Å². The average molecular weight is 372 g/mol. The molecule has 0 aromatic heterocycles. The molecule has 0 radical (unpaired) electrons. The van der Waals surface area contributed by atoms with Gasteiger partial charge >= 0.3 is 0 Å². The number of rotatable bonds is 9. The molecule has 0 spiro atoms. The van der Waals surface area contributed by atoms with Crippen LogP contribution in [0.2, 0.25) is 0 Å².